The van der Waals surface area contributed by atoms with Crippen molar-refractivity contribution in [2.24, 2.45) is 5.92 Å². The van der Waals surface area contributed by atoms with Crippen molar-refractivity contribution >= 4 is 0 Å². The lowest BCUT2D eigenvalue weighted by Crippen LogP contribution is -2.13. The third-order valence-corrected chi connectivity index (χ3v) is 2.99. The summed E-state index contributed by atoms with van der Waals surface area (Å²) in [7, 11) is 0. The van der Waals surface area contributed by atoms with E-state index in [4.69, 9.17) is 0 Å². The Morgan fingerprint density at radius 1 is 1.38 bits per heavy atom. The molecule has 1 fully saturated rings. The smallest absolute Gasteiger partial charge is 0.276 e. The van der Waals surface area contributed by atoms with Gasteiger partial charge < -0.3 is 0 Å². The summed E-state index contributed by atoms with van der Waals surface area (Å²) in [5, 5.41) is 5.30. The highest BCUT2D eigenvalue weighted by Gasteiger charge is 2.66. The number of rotatable bonds is 1. The maximum Gasteiger partial charge on any atom is 0.295 e. The van der Waals surface area contributed by atoms with Gasteiger partial charge in [0.05, 0.1) is 0 Å². The molecule has 1 aromatic rings. The van der Waals surface area contributed by atoms with Crippen LogP contribution in [0.2, 0.25) is 0 Å². The summed E-state index contributed by atoms with van der Waals surface area (Å²) in [4.78, 5) is 0. The lowest BCUT2D eigenvalue weighted by molar-refractivity contribution is -0.0268. The summed E-state index contributed by atoms with van der Waals surface area (Å²) in [6.07, 6.45) is -2.44. The number of halogens is 4. The molecule has 0 aromatic carbocycles. The number of nitrogens with zero attached hydrogens (tertiary/aromatic N) is 1. The van der Waals surface area contributed by atoms with Crippen molar-refractivity contribution in [3.8, 4) is 0 Å². The van der Waals surface area contributed by atoms with Crippen LogP contribution in [0.4, 0.5) is 17.6 Å². The first-order valence-electron chi connectivity index (χ1n) is 5.28. The highest BCUT2D eigenvalue weighted by Crippen LogP contribution is 2.67. The minimum Gasteiger partial charge on any atom is -0.276 e. The third kappa shape index (κ3) is 1.28. The molecule has 90 valence electrons. The van der Waals surface area contributed by atoms with Crippen molar-refractivity contribution < 1.29 is 17.6 Å². The quantitative estimate of drug-likeness (QED) is 0.742. The van der Waals surface area contributed by atoms with E-state index in [1.165, 1.54) is 0 Å². The first-order valence-corrected chi connectivity index (χ1v) is 5.28. The van der Waals surface area contributed by atoms with Gasteiger partial charge in [0.25, 0.3) is 12.3 Å². The maximum atomic E-state index is 13.3. The largest absolute Gasteiger partial charge is 0.295 e. The Labute approximate surface area is 90.0 Å². The zero-order valence-corrected chi connectivity index (χ0v) is 8.90. The van der Waals surface area contributed by atoms with Crippen LogP contribution in [0, 0.1) is 5.92 Å². The topological polar surface area (TPSA) is 28.7 Å². The van der Waals surface area contributed by atoms with Crippen LogP contribution in [-0.2, 0) is 5.92 Å². The molecular formula is C10H12F4N2. The van der Waals surface area contributed by atoms with Crippen LogP contribution in [0.3, 0.4) is 0 Å². The molecule has 0 amide bonds. The Balaban J connectivity index is 0.000000457. The number of fused-ring (bicyclic) bond motifs is 3. The van der Waals surface area contributed by atoms with Gasteiger partial charge in [-0.15, -0.1) is 0 Å². The van der Waals surface area contributed by atoms with Crippen molar-refractivity contribution in [1.82, 2.24) is 10.2 Å². The number of nitrogens with one attached hydrogen (secondary N) is 1. The summed E-state index contributed by atoms with van der Waals surface area (Å²) >= 11 is 0. The highest BCUT2D eigenvalue weighted by atomic mass is 19.3. The molecule has 0 saturated heterocycles. The number of alkyl halides is 4. The Morgan fingerprint density at radius 3 is 2.56 bits per heavy atom. The molecule has 3 rings (SSSR count). The Kier molecular flexibility index (Phi) is 2.47. The molecule has 1 saturated carbocycles. The molecule has 0 radical (unpaired) electrons. The number of aromatic amines is 1. The number of hydrogen-bond donors (Lipinski definition) is 1. The SMILES string of the molecule is CC.FC(F)c1[nH]nc2c1[C@H]1C[C@H]1C2(F)F. The molecule has 2 aliphatic rings. The Hall–Kier alpha value is -1.07. The van der Waals surface area contributed by atoms with Crippen LogP contribution < -0.4 is 0 Å². The average Bonchev–Trinajstić information content (AvgIpc) is 2.86. The van der Waals surface area contributed by atoms with Crippen LogP contribution in [0.15, 0.2) is 0 Å². The van der Waals surface area contributed by atoms with Crippen LogP contribution in [0.1, 0.15) is 49.6 Å². The maximum absolute atomic E-state index is 13.3. The molecule has 6 heteroatoms. The predicted molar refractivity (Wildman–Crippen MR) is 49.6 cm³/mol. The molecule has 2 atom stereocenters. The van der Waals surface area contributed by atoms with Gasteiger partial charge in [0.1, 0.15) is 11.4 Å². The van der Waals surface area contributed by atoms with Crippen molar-refractivity contribution in [3.63, 3.8) is 0 Å². The van der Waals surface area contributed by atoms with Gasteiger partial charge in [-0.05, 0) is 12.3 Å². The first-order chi connectivity index (χ1) is 7.53. The Bertz CT molecular complexity index is 400. The van der Waals surface area contributed by atoms with Crippen LogP contribution in [0.25, 0.3) is 0 Å². The monoisotopic (exact) mass is 236 g/mol. The standard InChI is InChI=1S/C8H6F4N2.C2H6/c9-7(10)5-4-2-1-3(2)8(11,12)6(4)14-13-5;1-2/h2-3,7H,1H2,(H,13,14);1-2H3/t2-,3+;/m0./s1. The summed E-state index contributed by atoms with van der Waals surface area (Å²) in [5.74, 6) is -4.20. The van der Waals surface area contributed by atoms with E-state index in [-0.39, 0.29) is 5.56 Å². The zero-order valence-electron chi connectivity index (χ0n) is 8.90. The molecule has 2 aliphatic carbocycles. The minimum atomic E-state index is -3.01. The first kappa shape index (κ1) is 11.4. The fraction of sp³-hybridized carbons (Fsp3) is 0.700. The van der Waals surface area contributed by atoms with E-state index in [0.29, 0.717) is 6.42 Å². The van der Waals surface area contributed by atoms with Gasteiger partial charge >= 0.3 is 0 Å². The van der Waals surface area contributed by atoms with Gasteiger partial charge in [-0.2, -0.15) is 13.9 Å². The molecule has 0 bridgehead atoms. The second-order valence-corrected chi connectivity index (χ2v) is 3.77. The van der Waals surface area contributed by atoms with Crippen LogP contribution in [-0.4, -0.2) is 10.2 Å². The molecule has 0 aliphatic heterocycles. The summed E-state index contributed by atoms with van der Waals surface area (Å²) in [6, 6.07) is 0. The van der Waals surface area contributed by atoms with Crippen molar-refractivity contribution in [1.29, 1.82) is 0 Å². The molecule has 1 heterocycles. The predicted octanol–water partition coefficient (Wildman–Crippen LogP) is 3.58. The van der Waals surface area contributed by atoms with Crippen LogP contribution in [0.5, 0.6) is 0 Å². The zero-order chi connectivity index (χ0) is 12.1. The normalized spacial score (nSPS) is 28.2. The van der Waals surface area contributed by atoms with E-state index in [9.17, 15) is 17.6 Å². The van der Waals surface area contributed by atoms with Crippen molar-refractivity contribution in [2.45, 2.75) is 38.5 Å². The van der Waals surface area contributed by atoms with Gasteiger partial charge in [-0.3, -0.25) is 5.10 Å². The van der Waals surface area contributed by atoms with Crippen LogP contribution >= 0.6 is 0 Å². The van der Waals surface area contributed by atoms with Crippen molar-refractivity contribution in [2.75, 3.05) is 0 Å². The van der Waals surface area contributed by atoms with E-state index in [2.05, 4.69) is 5.10 Å². The van der Waals surface area contributed by atoms with E-state index < -0.39 is 35.6 Å². The third-order valence-electron chi connectivity index (χ3n) is 2.99. The molecule has 2 nitrogen and oxygen atoms in total. The highest BCUT2D eigenvalue weighted by molar-refractivity contribution is 5.45. The van der Waals surface area contributed by atoms with Gasteiger partial charge in [-0.25, -0.2) is 8.78 Å². The van der Waals surface area contributed by atoms with Gasteiger partial charge in [0.15, 0.2) is 0 Å². The van der Waals surface area contributed by atoms with Gasteiger partial charge in [0.2, 0.25) is 0 Å². The summed E-state index contributed by atoms with van der Waals surface area (Å²) < 4.78 is 51.4. The summed E-state index contributed by atoms with van der Waals surface area (Å²) in [5.41, 5.74) is -0.825. The Morgan fingerprint density at radius 2 is 2.00 bits per heavy atom. The molecule has 0 spiro atoms. The number of H-pyrrole nitrogens is 1. The number of hydrogen-bond acceptors (Lipinski definition) is 1. The fourth-order valence-corrected chi connectivity index (χ4v) is 2.25. The number of aromatic nitrogens is 2. The molecule has 1 N–H and O–H groups in total. The average molecular weight is 236 g/mol. The van der Waals surface area contributed by atoms with Gasteiger partial charge in [0, 0.05) is 11.5 Å². The summed E-state index contributed by atoms with van der Waals surface area (Å²) in [6.45, 7) is 4.00. The second-order valence-electron chi connectivity index (χ2n) is 3.77. The minimum absolute atomic E-state index is 0.0648. The molecular weight excluding hydrogens is 224 g/mol. The fourth-order valence-electron chi connectivity index (χ4n) is 2.25. The molecule has 16 heavy (non-hydrogen) atoms. The lowest BCUT2D eigenvalue weighted by Gasteiger charge is -2.08. The molecule has 1 aromatic heterocycles. The van der Waals surface area contributed by atoms with Crippen molar-refractivity contribution in [3.05, 3.63) is 17.0 Å². The van der Waals surface area contributed by atoms with E-state index >= 15 is 0 Å². The van der Waals surface area contributed by atoms with E-state index in [0.717, 1.165) is 0 Å². The van der Waals surface area contributed by atoms with E-state index in [1.54, 1.807) is 0 Å². The van der Waals surface area contributed by atoms with Gasteiger partial charge in [-0.1, -0.05) is 13.8 Å². The lowest BCUT2D eigenvalue weighted by atomic mass is 10.1. The van der Waals surface area contributed by atoms with E-state index in [1.807, 2.05) is 18.9 Å². The molecule has 0 unspecified atom stereocenters. The second kappa shape index (κ2) is 3.46.